The maximum atomic E-state index is 13.0. The van der Waals surface area contributed by atoms with Crippen LogP contribution in [0.3, 0.4) is 0 Å². The monoisotopic (exact) mass is 561 g/mol. The Hall–Kier alpha value is -3.42. The number of allylic oxidation sites excluding steroid dienone is 1. The summed E-state index contributed by atoms with van der Waals surface area (Å²) >= 11 is 0. The summed E-state index contributed by atoms with van der Waals surface area (Å²) in [4.78, 5) is 40.6. The summed E-state index contributed by atoms with van der Waals surface area (Å²) in [5.41, 5.74) is 10.2. The highest BCUT2D eigenvalue weighted by molar-refractivity contribution is 7.48. The molecule has 208 valence electrons. The number of rotatable bonds is 12. The van der Waals surface area contributed by atoms with Gasteiger partial charge in [-0.05, 0) is 43.9 Å². The van der Waals surface area contributed by atoms with E-state index < -0.39 is 19.8 Å². The number of fused-ring (bicyclic) bond motifs is 1. The number of nitrogens with zero attached hydrogens (tertiary/aromatic N) is 4. The lowest BCUT2D eigenvalue weighted by molar-refractivity contribution is -0.142. The topological polar surface area (TPSA) is 176 Å². The van der Waals surface area contributed by atoms with Crippen LogP contribution in [0, 0.1) is 11.7 Å². The summed E-state index contributed by atoms with van der Waals surface area (Å²) in [6.45, 7) is 1.30. The first-order chi connectivity index (χ1) is 18.7. The predicted octanol–water partition coefficient (Wildman–Crippen LogP) is 3.01. The fourth-order valence-corrected chi connectivity index (χ4v) is 4.89. The van der Waals surface area contributed by atoms with Crippen LogP contribution in [-0.2, 0) is 29.9 Å². The lowest BCUT2D eigenvalue weighted by atomic mass is 10.1. The molecule has 0 aliphatic heterocycles. The Bertz CT molecular complexity index is 1410. The summed E-state index contributed by atoms with van der Waals surface area (Å²) in [6, 6.07) is 4.80. The van der Waals surface area contributed by atoms with Gasteiger partial charge in [-0.3, -0.25) is 14.3 Å². The number of phosphoric ester groups is 1. The maximum Gasteiger partial charge on any atom is 0.529 e. The van der Waals surface area contributed by atoms with Crippen molar-refractivity contribution in [3.05, 3.63) is 54.1 Å². The van der Waals surface area contributed by atoms with Gasteiger partial charge < -0.3 is 20.1 Å². The highest BCUT2D eigenvalue weighted by Gasteiger charge is 2.32. The predicted molar refractivity (Wildman–Crippen MR) is 138 cm³/mol. The lowest BCUT2D eigenvalue weighted by Crippen LogP contribution is -2.35. The number of hydrogen-bond acceptors (Lipinski definition) is 11. The van der Waals surface area contributed by atoms with Crippen molar-refractivity contribution in [2.45, 2.75) is 50.9 Å². The standard InChI is InChI=1S/C24H29FN7O6P/c1-14(31-36-11-15-2-5-17(25)6-3-15)23(33)38-39(34,35)37-12-16-4-9-19(10-16)32-13-27-20-21(28-18-7-8-18)29-24(26)30-22(20)32/h2-6,9,13-14,16,18-19,31H,7-8,10-12H2,1H3,(H,34,35)(H3,26,28,29,30)/t14-,16+,19-/m0/s1. The third-order valence-corrected chi connectivity index (χ3v) is 7.17. The Kier molecular flexibility index (Phi) is 7.91. The first-order valence-corrected chi connectivity index (χ1v) is 13.9. The lowest BCUT2D eigenvalue weighted by Gasteiger charge is -2.18. The number of halogens is 1. The van der Waals surface area contributed by atoms with Crippen LogP contribution in [0.2, 0.25) is 0 Å². The SMILES string of the molecule is C[C@H](NOCc1ccc(F)cc1)C(=O)OP(=O)(O)OC[C@@H]1C=C[C@H](n2cnc3c(NC4CC4)nc(N)nc32)C1. The van der Waals surface area contributed by atoms with Gasteiger partial charge in [0.05, 0.1) is 25.6 Å². The largest absolute Gasteiger partial charge is 0.529 e. The van der Waals surface area contributed by atoms with E-state index in [0.29, 0.717) is 35.0 Å². The van der Waals surface area contributed by atoms with Crippen LogP contribution < -0.4 is 16.5 Å². The molecule has 3 aromatic rings. The number of carbonyl (C=O) groups is 1. The van der Waals surface area contributed by atoms with Gasteiger partial charge >= 0.3 is 13.8 Å². The fourth-order valence-electron chi connectivity index (χ4n) is 4.07. The van der Waals surface area contributed by atoms with Crippen molar-refractivity contribution in [2.75, 3.05) is 17.7 Å². The van der Waals surface area contributed by atoms with Crippen molar-refractivity contribution in [1.29, 1.82) is 0 Å². The van der Waals surface area contributed by atoms with Gasteiger partial charge in [0.25, 0.3) is 0 Å². The van der Waals surface area contributed by atoms with Gasteiger partial charge in [0, 0.05) is 12.0 Å². The van der Waals surface area contributed by atoms with E-state index in [4.69, 9.17) is 15.1 Å². The molecule has 2 aromatic heterocycles. The molecule has 1 saturated carbocycles. The molecule has 39 heavy (non-hydrogen) atoms. The summed E-state index contributed by atoms with van der Waals surface area (Å²) in [5, 5.41) is 3.32. The quantitative estimate of drug-likeness (QED) is 0.145. The minimum absolute atomic E-state index is 0.0452. The Morgan fingerprint density at radius 3 is 2.79 bits per heavy atom. The average Bonchev–Trinajstić information content (AvgIpc) is 3.40. The Morgan fingerprint density at radius 1 is 1.28 bits per heavy atom. The Morgan fingerprint density at radius 2 is 2.05 bits per heavy atom. The second kappa shape index (κ2) is 11.4. The van der Waals surface area contributed by atoms with Gasteiger partial charge in [0.2, 0.25) is 5.95 Å². The molecule has 2 heterocycles. The molecule has 15 heteroatoms. The zero-order valence-corrected chi connectivity index (χ0v) is 22.0. The summed E-state index contributed by atoms with van der Waals surface area (Å²) in [5.74, 6) is -0.881. The van der Waals surface area contributed by atoms with E-state index in [-0.39, 0.29) is 36.9 Å². The van der Waals surface area contributed by atoms with Crippen LogP contribution in [0.1, 0.15) is 37.8 Å². The number of aromatic nitrogens is 4. The van der Waals surface area contributed by atoms with Crippen LogP contribution >= 0.6 is 7.82 Å². The molecule has 4 atom stereocenters. The number of hydroxylamine groups is 1. The second-order valence-electron chi connectivity index (χ2n) is 9.55. The van der Waals surface area contributed by atoms with Gasteiger partial charge in [-0.15, -0.1) is 0 Å². The number of anilines is 2. The normalized spacial score (nSPS) is 21.1. The maximum absolute atomic E-state index is 13.0. The van der Waals surface area contributed by atoms with Gasteiger partial charge in [0.15, 0.2) is 17.0 Å². The molecule has 5 N–H and O–H groups in total. The van der Waals surface area contributed by atoms with E-state index >= 15 is 0 Å². The number of nitrogens with two attached hydrogens (primary N) is 1. The summed E-state index contributed by atoms with van der Waals surface area (Å²) in [7, 11) is -4.68. The zero-order chi connectivity index (χ0) is 27.6. The van der Waals surface area contributed by atoms with Crippen molar-refractivity contribution in [3.8, 4) is 0 Å². The van der Waals surface area contributed by atoms with E-state index in [9.17, 15) is 18.6 Å². The number of phosphoric acid groups is 1. The average molecular weight is 562 g/mol. The third-order valence-electron chi connectivity index (χ3n) is 6.29. The van der Waals surface area contributed by atoms with Crippen molar-refractivity contribution in [3.63, 3.8) is 0 Å². The van der Waals surface area contributed by atoms with E-state index in [1.165, 1.54) is 31.2 Å². The molecule has 1 fully saturated rings. The van der Waals surface area contributed by atoms with Crippen LogP contribution in [0.25, 0.3) is 11.2 Å². The van der Waals surface area contributed by atoms with Crippen LogP contribution in [0.15, 0.2) is 42.7 Å². The number of carbonyl (C=O) groups excluding carboxylic acids is 1. The number of benzene rings is 1. The van der Waals surface area contributed by atoms with Crippen molar-refractivity contribution < 1.29 is 32.5 Å². The molecule has 0 spiro atoms. The number of nitrogen functional groups attached to an aromatic ring is 1. The molecule has 2 aliphatic carbocycles. The molecule has 0 radical (unpaired) electrons. The Balaban J connectivity index is 1.09. The first kappa shape index (κ1) is 27.2. The van der Waals surface area contributed by atoms with Gasteiger partial charge in [-0.2, -0.15) is 15.4 Å². The first-order valence-electron chi connectivity index (χ1n) is 12.4. The van der Waals surface area contributed by atoms with E-state index in [1.54, 1.807) is 6.33 Å². The van der Waals surface area contributed by atoms with Gasteiger partial charge in [-0.25, -0.2) is 18.7 Å². The highest BCUT2D eigenvalue weighted by Crippen LogP contribution is 2.45. The van der Waals surface area contributed by atoms with E-state index in [2.05, 4.69) is 30.3 Å². The summed E-state index contributed by atoms with van der Waals surface area (Å²) < 4.78 is 37.0. The molecule has 13 nitrogen and oxygen atoms in total. The molecule has 0 bridgehead atoms. The molecule has 0 amide bonds. The second-order valence-corrected chi connectivity index (χ2v) is 10.9. The van der Waals surface area contributed by atoms with E-state index in [1.807, 2.05) is 16.7 Å². The van der Waals surface area contributed by atoms with Crippen molar-refractivity contribution in [1.82, 2.24) is 25.0 Å². The number of hydrogen-bond donors (Lipinski definition) is 4. The minimum Gasteiger partial charge on any atom is -0.369 e. The Labute approximate surface area is 223 Å². The number of imidazole rings is 1. The molecule has 0 saturated heterocycles. The number of nitrogens with one attached hydrogen (secondary N) is 2. The molecule has 1 aromatic carbocycles. The van der Waals surface area contributed by atoms with Crippen molar-refractivity contribution in [2.24, 2.45) is 5.92 Å². The molecule has 1 unspecified atom stereocenters. The van der Waals surface area contributed by atoms with Crippen LogP contribution in [0.4, 0.5) is 16.2 Å². The molecular formula is C24H29FN7O6P. The van der Waals surface area contributed by atoms with Crippen LogP contribution in [0.5, 0.6) is 0 Å². The minimum atomic E-state index is -4.68. The van der Waals surface area contributed by atoms with Gasteiger partial charge in [-0.1, -0.05) is 24.3 Å². The van der Waals surface area contributed by atoms with E-state index in [0.717, 1.165) is 12.8 Å². The third kappa shape index (κ3) is 6.97. The van der Waals surface area contributed by atoms with Crippen molar-refractivity contribution >= 4 is 36.7 Å². The van der Waals surface area contributed by atoms with Crippen LogP contribution in [-0.4, -0.2) is 49.1 Å². The molecule has 2 aliphatic rings. The highest BCUT2D eigenvalue weighted by atomic mass is 31.2. The smallest absolute Gasteiger partial charge is 0.369 e. The molecular weight excluding hydrogens is 532 g/mol. The van der Waals surface area contributed by atoms with Gasteiger partial charge in [0.1, 0.15) is 11.9 Å². The fraction of sp³-hybridized carbons (Fsp3) is 0.417. The summed E-state index contributed by atoms with van der Waals surface area (Å²) in [6.07, 6.45) is 8.15. The molecule has 5 rings (SSSR count). The zero-order valence-electron chi connectivity index (χ0n) is 21.1.